The molecule has 18 heavy (non-hydrogen) atoms. The molecule has 0 atom stereocenters. The van der Waals surface area contributed by atoms with Crippen molar-refractivity contribution in [1.82, 2.24) is 0 Å². The Morgan fingerprint density at radius 2 is 1.56 bits per heavy atom. The summed E-state index contributed by atoms with van der Waals surface area (Å²) in [6.07, 6.45) is 0.741. The van der Waals surface area contributed by atoms with Gasteiger partial charge in [0.2, 0.25) is 10.0 Å². The fraction of sp³-hybridized carbons (Fsp3) is 0.500. The molecule has 0 fully saturated rings. The lowest BCUT2D eigenvalue weighted by atomic mass is 10.2. The third-order valence-electron chi connectivity index (χ3n) is 2.16. The lowest BCUT2D eigenvalue weighted by molar-refractivity contribution is 0.598. The van der Waals surface area contributed by atoms with Crippen LogP contribution in [-0.4, -0.2) is 21.5 Å². The minimum atomic E-state index is -3.57. The second-order valence-electron chi connectivity index (χ2n) is 4.36. The van der Waals surface area contributed by atoms with Crippen molar-refractivity contribution in [2.75, 3.05) is 13.1 Å². The maximum absolute atomic E-state index is 10.9. The smallest absolute Gasteiger partial charge is 0.238 e. The first-order valence-electron chi connectivity index (χ1n) is 5.83. The molecule has 1 aromatic carbocycles. The summed E-state index contributed by atoms with van der Waals surface area (Å²) in [5.74, 6) is 0.662. The van der Waals surface area contributed by atoms with Gasteiger partial charge in [-0.15, -0.1) is 0 Å². The highest BCUT2D eigenvalue weighted by Gasteiger charge is 2.05. The molecule has 0 amide bonds. The Bertz CT molecular complexity index is 427. The van der Waals surface area contributed by atoms with Crippen molar-refractivity contribution in [2.24, 2.45) is 22.5 Å². The van der Waals surface area contributed by atoms with E-state index in [1.165, 1.54) is 12.1 Å². The zero-order chi connectivity index (χ0) is 14.2. The quantitative estimate of drug-likeness (QED) is 0.738. The number of hydrogen-bond acceptors (Lipinski definition) is 4. The fourth-order valence-corrected chi connectivity index (χ4v) is 1.53. The van der Waals surface area contributed by atoms with Crippen LogP contribution in [0.15, 0.2) is 29.2 Å². The van der Waals surface area contributed by atoms with Crippen LogP contribution in [0.5, 0.6) is 0 Å². The Morgan fingerprint density at radius 1 is 1.11 bits per heavy atom. The van der Waals surface area contributed by atoms with Gasteiger partial charge in [0.15, 0.2) is 0 Å². The Hall–Kier alpha value is -0.950. The van der Waals surface area contributed by atoms with Crippen LogP contribution >= 0.6 is 0 Å². The van der Waals surface area contributed by atoms with Crippen molar-refractivity contribution in [2.45, 2.75) is 25.2 Å². The van der Waals surface area contributed by atoms with Crippen molar-refractivity contribution in [1.29, 1.82) is 0 Å². The standard InChI is InChI=1S/C8H12N2O2S.C4H11N/c9-6-5-7-1-3-8(4-2-7)13(10,11)12;1-4(2)3-5/h1-4H,5-6,9H2,(H2,10,11,12);4H,3,5H2,1-2H3. The third kappa shape index (κ3) is 7.39. The molecule has 0 spiro atoms. The molecule has 0 radical (unpaired) electrons. The highest BCUT2D eigenvalue weighted by atomic mass is 32.2. The van der Waals surface area contributed by atoms with Crippen molar-refractivity contribution in [3.63, 3.8) is 0 Å². The minimum Gasteiger partial charge on any atom is -0.330 e. The van der Waals surface area contributed by atoms with Gasteiger partial charge in [-0.05, 0) is 43.1 Å². The number of sulfonamides is 1. The molecule has 0 aliphatic heterocycles. The van der Waals surface area contributed by atoms with Crippen molar-refractivity contribution in [3.8, 4) is 0 Å². The summed E-state index contributed by atoms with van der Waals surface area (Å²) < 4.78 is 21.7. The Labute approximate surface area is 109 Å². The van der Waals surface area contributed by atoms with E-state index >= 15 is 0 Å². The third-order valence-corrected chi connectivity index (χ3v) is 3.09. The van der Waals surface area contributed by atoms with E-state index in [9.17, 15) is 8.42 Å². The van der Waals surface area contributed by atoms with E-state index in [0.717, 1.165) is 18.5 Å². The first-order chi connectivity index (χ1) is 8.31. The van der Waals surface area contributed by atoms with Gasteiger partial charge in [0.1, 0.15) is 0 Å². The molecule has 5 nitrogen and oxygen atoms in total. The molecule has 6 heteroatoms. The van der Waals surface area contributed by atoms with E-state index in [4.69, 9.17) is 16.6 Å². The van der Waals surface area contributed by atoms with Crippen LogP contribution in [0.25, 0.3) is 0 Å². The van der Waals surface area contributed by atoms with Gasteiger partial charge in [0.05, 0.1) is 4.90 Å². The molecule has 0 aromatic heterocycles. The van der Waals surface area contributed by atoms with E-state index in [2.05, 4.69) is 13.8 Å². The van der Waals surface area contributed by atoms with E-state index in [0.29, 0.717) is 12.5 Å². The molecule has 0 aliphatic rings. The van der Waals surface area contributed by atoms with Crippen LogP contribution in [0.2, 0.25) is 0 Å². The zero-order valence-corrected chi connectivity index (χ0v) is 11.8. The van der Waals surface area contributed by atoms with Gasteiger partial charge in [-0.1, -0.05) is 26.0 Å². The minimum absolute atomic E-state index is 0.133. The normalized spacial score (nSPS) is 11.0. The van der Waals surface area contributed by atoms with E-state index < -0.39 is 10.0 Å². The van der Waals surface area contributed by atoms with Gasteiger partial charge in [-0.3, -0.25) is 0 Å². The first-order valence-corrected chi connectivity index (χ1v) is 7.37. The lowest BCUT2D eigenvalue weighted by Crippen LogP contribution is -2.12. The van der Waals surface area contributed by atoms with Gasteiger partial charge < -0.3 is 11.5 Å². The number of primary sulfonamides is 1. The van der Waals surface area contributed by atoms with Crippen LogP contribution in [0.4, 0.5) is 0 Å². The molecular weight excluding hydrogens is 250 g/mol. The average molecular weight is 273 g/mol. The van der Waals surface area contributed by atoms with E-state index in [1.54, 1.807) is 12.1 Å². The zero-order valence-electron chi connectivity index (χ0n) is 11.0. The van der Waals surface area contributed by atoms with Gasteiger partial charge in [0, 0.05) is 0 Å². The number of rotatable bonds is 4. The van der Waals surface area contributed by atoms with Gasteiger partial charge in [-0.25, -0.2) is 13.6 Å². The Kier molecular flexibility index (Phi) is 7.77. The van der Waals surface area contributed by atoms with Crippen LogP contribution < -0.4 is 16.6 Å². The molecule has 0 saturated carbocycles. The van der Waals surface area contributed by atoms with Crippen LogP contribution in [0.1, 0.15) is 19.4 Å². The maximum atomic E-state index is 10.9. The molecule has 104 valence electrons. The molecule has 1 aromatic rings. The highest BCUT2D eigenvalue weighted by Crippen LogP contribution is 2.08. The van der Waals surface area contributed by atoms with Crippen LogP contribution in [0.3, 0.4) is 0 Å². The maximum Gasteiger partial charge on any atom is 0.238 e. The number of nitrogens with two attached hydrogens (primary N) is 3. The van der Waals surface area contributed by atoms with Gasteiger partial charge >= 0.3 is 0 Å². The Balaban J connectivity index is 0.000000494. The highest BCUT2D eigenvalue weighted by molar-refractivity contribution is 7.89. The van der Waals surface area contributed by atoms with Crippen molar-refractivity contribution < 1.29 is 8.42 Å². The molecule has 0 bridgehead atoms. The SMILES string of the molecule is CC(C)CN.NCCc1ccc(S(N)(=O)=O)cc1. The molecule has 6 N–H and O–H groups in total. The summed E-state index contributed by atoms with van der Waals surface area (Å²) in [5.41, 5.74) is 11.5. The lowest BCUT2D eigenvalue weighted by Gasteiger charge is -2.00. The summed E-state index contributed by atoms with van der Waals surface area (Å²) in [6.45, 7) is 5.55. The predicted octanol–water partition coefficient (Wildman–Crippen LogP) is 0.436. The number of benzene rings is 1. The molecule has 0 unspecified atom stereocenters. The van der Waals surface area contributed by atoms with Crippen LogP contribution in [0, 0.1) is 5.92 Å². The molecule has 0 saturated heterocycles. The summed E-state index contributed by atoms with van der Waals surface area (Å²) in [6, 6.07) is 6.40. The second kappa shape index (κ2) is 8.20. The molecular formula is C12H23N3O2S. The average Bonchev–Trinajstić information content (AvgIpc) is 2.30. The monoisotopic (exact) mass is 273 g/mol. The van der Waals surface area contributed by atoms with Gasteiger partial charge in [-0.2, -0.15) is 0 Å². The van der Waals surface area contributed by atoms with E-state index in [1.807, 2.05) is 0 Å². The second-order valence-corrected chi connectivity index (χ2v) is 5.92. The summed E-state index contributed by atoms with van der Waals surface area (Å²) in [4.78, 5) is 0.133. The Morgan fingerprint density at radius 3 is 1.83 bits per heavy atom. The summed E-state index contributed by atoms with van der Waals surface area (Å²) in [5, 5.41) is 4.93. The topological polar surface area (TPSA) is 112 Å². The molecule has 1 rings (SSSR count). The number of hydrogen-bond donors (Lipinski definition) is 3. The molecule has 0 heterocycles. The summed E-state index contributed by atoms with van der Waals surface area (Å²) >= 11 is 0. The van der Waals surface area contributed by atoms with Crippen molar-refractivity contribution in [3.05, 3.63) is 29.8 Å². The van der Waals surface area contributed by atoms with Crippen molar-refractivity contribution >= 4 is 10.0 Å². The van der Waals surface area contributed by atoms with Gasteiger partial charge in [0.25, 0.3) is 0 Å². The van der Waals surface area contributed by atoms with Crippen LogP contribution in [-0.2, 0) is 16.4 Å². The summed E-state index contributed by atoms with van der Waals surface area (Å²) in [7, 11) is -3.57. The predicted molar refractivity (Wildman–Crippen MR) is 74.5 cm³/mol. The van der Waals surface area contributed by atoms with E-state index in [-0.39, 0.29) is 4.90 Å². The molecule has 0 aliphatic carbocycles. The fourth-order valence-electron chi connectivity index (χ4n) is 1.01. The largest absolute Gasteiger partial charge is 0.330 e. The first kappa shape index (κ1) is 17.1.